The van der Waals surface area contributed by atoms with Gasteiger partial charge < -0.3 is 15.3 Å². The van der Waals surface area contributed by atoms with Gasteiger partial charge in [-0.15, -0.1) is 22.7 Å². The number of para-hydroxylation sites is 1. The predicted octanol–water partition coefficient (Wildman–Crippen LogP) is 3.72. The lowest BCUT2D eigenvalue weighted by molar-refractivity contribution is -0.160. The second-order valence-corrected chi connectivity index (χ2v) is 9.85. The van der Waals surface area contributed by atoms with Crippen LogP contribution in [0.2, 0.25) is 0 Å². The number of fused-ring (bicyclic) bond motifs is 1. The molecule has 0 aliphatic rings. The minimum Gasteiger partial charge on any atom is -0.457 e. The zero-order valence-electron chi connectivity index (χ0n) is 15.9. The number of hydrogen-bond acceptors (Lipinski definition) is 11. The number of ether oxygens (including phenoxy) is 1. The molecule has 2 aromatic heterocycles. The van der Waals surface area contributed by atoms with E-state index in [0.717, 1.165) is 22.0 Å². The fourth-order valence-electron chi connectivity index (χ4n) is 2.13. The van der Waals surface area contributed by atoms with Crippen LogP contribution in [0, 0.1) is 0 Å². The smallest absolute Gasteiger partial charge is 0.347 e. The Morgan fingerprint density at radius 3 is 2.66 bits per heavy atom. The molecule has 0 amide bonds. The Bertz CT molecular complexity index is 1040. The van der Waals surface area contributed by atoms with Crippen LogP contribution < -0.4 is 5.73 Å². The first kappa shape index (κ1) is 21.2. The topological polar surface area (TPSA) is 117 Å². The first-order valence-electron chi connectivity index (χ1n) is 8.42. The van der Waals surface area contributed by atoms with Gasteiger partial charge in [0.2, 0.25) is 11.7 Å². The Hall–Kier alpha value is -2.50. The maximum atomic E-state index is 12.8. The van der Waals surface area contributed by atoms with Gasteiger partial charge in [-0.1, -0.05) is 17.3 Å². The van der Waals surface area contributed by atoms with Gasteiger partial charge in [0.15, 0.2) is 15.2 Å². The molecule has 152 valence electrons. The summed E-state index contributed by atoms with van der Waals surface area (Å²) in [5.41, 5.74) is 6.07. The van der Waals surface area contributed by atoms with Gasteiger partial charge in [-0.05, 0) is 44.7 Å². The molecule has 11 heteroatoms. The minimum atomic E-state index is -0.644. The van der Waals surface area contributed by atoms with Crippen molar-refractivity contribution in [2.45, 2.75) is 30.7 Å². The molecule has 8 nitrogen and oxygen atoms in total. The third-order valence-corrected chi connectivity index (χ3v) is 5.82. The van der Waals surface area contributed by atoms with Crippen molar-refractivity contribution in [3.63, 3.8) is 0 Å². The number of nitrogens with zero attached hydrogens (tertiary/aromatic N) is 3. The lowest BCUT2D eigenvalue weighted by Gasteiger charge is -2.18. The van der Waals surface area contributed by atoms with Gasteiger partial charge >= 0.3 is 5.97 Å². The number of esters is 1. The molecule has 2 N–H and O–H groups in total. The van der Waals surface area contributed by atoms with E-state index in [1.807, 2.05) is 24.3 Å². The molecule has 0 fully saturated rings. The van der Waals surface area contributed by atoms with E-state index in [4.69, 9.17) is 15.3 Å². The van der Waals surface area contributed by atoms with Crippen molar-refractivity contribution >= 4 is 66.6 Å². The van der Waals surface area contributed by atoms with E-state index < -0.39 is 23.3 Å². The van der Waals surface area contributed by atoms with Gasteiger partial charge in [0.1, 0.15) is 11.3 Å². The molecular weight excluding hydrogens is 432 g/mol. The zero-order valence-corrected chi connectivity index (χ0v) is 18.3. The number of oxime groups is 1. The van der Waals surface area contributed by atoms with Crippen molar-refractivity contribution in [2.75, 3.05) is 12.3 Å². The predicted molar refractivity (Wildman–Crippen MR) is 115 cm³/mol. The Kier molecular flexibility index (Phi) is 6.50. The van der Waals surface area contributed by atoms with Gasteiger partial charge in [0.25, 0.3) is 0 Å². The number of anilines is 1. The summed E-state index contributed by atoms with van der Waals surface area (Å²) in [4.78, 5) is 38.2. The number of carbonyl (C=O) groups excluding carboxylic acids is 2. The van der Waals surface area contributed by atoms with Crippen molar-refractivity contribution in [1.82, 2.24) is 9.97 Å². The summed E-state index contributed by atoms with van der Waals surface area (Å²) in [6.45, 7) is 4.81. The summed E-state index contributed by atoms with van der Waals surface area (Å²) in [6.07, 6.45) is 0. The van der Waals surface area contributed by atoms with Crippen LogP contribution in [0.4, 0.5) is 5.13 Å². The van der Waals surface area contributed by atoms with Gasteiger partial charge in [0.05, 0.1) is 10.2 Å². The lowest BCUT2D eigenvalue weighted by atomic mass is 10.2. The number of nitrogen functional groups attached to an aromatic ring is 1. The number of carbonyl (C=O) groups is 2. The van der Waals surface area contributed by atoms with Crippen LogP contribution in [0.25, 0.3) is 10.2 Å². The van der Waals surface area contributed by atoms with Crippen LogP contribution in [-0.4, -0.2) is 39.0 Å². The van der Waals surface area contributed by atoms with Crippen LogP contribution in [0.3, 0.4) is 0 Å². The molecular formula is C18H18N4O4S3. The molecule has 2 heterocycles. The van der Waals surface area contributed by atoms with Gasteiger partial charge in [-0.2, -0.15) is 0 Å². The maximum Gasteiger partial charge on any atom is 0.347 e. The number of thioether (sulfide) groups is 1. The quantitative estimate of drug-likeness (QED) is 0.261. The molecule has 3 rings (SSSR count). The second-order valence-electron chi connectivity index (χ2n) is 6.71. The van der Waals surface area contributed by atoms with Crippen molar-refractivity contribution < 1.29 is 19.2 Å². The highest BCUT2D eigenvalue weighted by Crippen LogP contribution is 2.30. The number of nitrogens with two attached hydrogens (primary N) is 1. The molecule has 0 unspecified atom stereocenters. The van der Waals surface area contributed by atoms with Gasteiger partial charge in [0, 0.05) is 5.38 Å². The summed E-state index contributed by atoms with van der Waals surface area (Å²) in [5.74, 6) is -0.593. The van der Waals surface area contributed by atoms with Crippen molar-refractivity contribution in [3.05, 3.63) is 35.3 Å². The Morgan fingerprint density at radius 1 is 1.24 bits per heavy atom. The molecule has 0 saturated heterocycles. The molecule has 0 saturated carbocycles. The summed E-state index contributed by atoms with van der Waals surface area (Å²) < 4.78 is 6.70. The number of hydrogen-bond donors (Lipinski definition) is 1. The van der Waals surface area contributed by atoms with Crippen LogP contribution in [0.5, 0.6) is 0 Å². The molecule has 3 aromatic rings. The summed E-state index contributed by atoms with van der Waals surface area (Å²) in [6, 6.07) is 7.60. The lowest BCUT2D eigenvalue weighted by Crippen LogP contribution is -2.26. The number of thiazole rings is 2. The van der Waals surface area contributed by atoms with Crippen LogP contribution in [-0.2, 0) is 19.2 Å². The van der Waals surface area contributed by atoms with E-state index in [9.17, 15) is 9.59 Å². The van der Waals surface area contributed by atoms with Crippen molar-refractivity contribution in [1.29, 1.82) is 0 Å². The van der Waals surface area contributed by atoms with Crippen molar-refractivity contribution in [2.24, 2.45) is 5.16 Å². The molecule has 0 aliphatic heterocycles. The Balaban J connectivity index is 1.75. The Labute approximate surface area is 179 Å². The molecule has 0 radical (unpaired) electrons. The van der Waals surface area contributed by atoms with E-state index >= 15 is 0 Å². The SMILES string of the molecule is CC(C)(C)OC(=O)CON=C(C(=O)Sc1nc2ccccc2s1)c1csc(N)n1. The fraction of sp³-hybridized carbons (Fsp3) is 0.278. The summed E-state index contributed by atoms with van der Waals surface area (Å²) in [5, 5.41) is 5.31. The highest BCUT2D eigenvalue weighted by molar-refractivity contribution is 8.16. The van der Waals surface area contributed by atoms with Crippen LogP contribution in [0.1, 0.15) is 26.5 Å². The number of aromatic nitrogens is 2. The number of rotatable bonds is 6. The maximum absolute atomic E-state index is 12.8. The molecule has 0 aliphatic carbocycles. The fourth-order valence-corrected chi connectivity index (χ4v) is 4.58. The highest BCUT2D eigenvalue weighted by Gasteiger charge is 2.22. The van der Waals surface area contributed by atoms with Crippen LogP contribution >= 0.6 is 34.4 Å². The summed E-state index contributed by atoms with van der Waals surface area (Å²) in [7, 11) is 0. The number of benzene rings is 1. The third kappa shape index (κ3) is 5.99. The van der Waals surface area contributed by atoms with E-state index in [-0.39, 0.29) is 16.5 Å². The first-order valence-corrected chi connectivity index (χ1v) is 10.9. The molecule has 0 spiro atoms. The largest absolute Gasteiger partial charge is 0.457 e. The average Bonchev–Trinajstić information content (AvgIpc) is 3.22. The first-order chi connectivity index (χ1) is 13.7. The molecule has 0 bridgehead atoms. The zero-order chi connectivity index (χ0) is 21.0. The highest BCUT2D eigenvalue weighted by atomic mass is 32.2. The van der Waals surface area contributed by atoms with E-state index in [2.05, 4.69) is 15.1 Å². The monoisotopic (exact) mass is 450 g/mol. The van der Waals surface area contributed by atoms with E-state index in [0.29, 0.717) is 4.34 Å². The second kappa shape index (κ2) is 8.89. The minimum absolute atomic E-state index is 0.0502. The molecule has 0 atom stereocenters. The van der Waals surface area contributed by atoms with Crippen LogP contribution in [0.15, 0.2) is 39.1 Å². The van der Waals surface area contributed by atoms with Crippen molar-refractivity contribution in [3.8, 4) is 0 Å². The Morgan fingerprint density at radius 2 is 2.00 bits per heavy atom. The van der Waals surface area contributed by atoms with E-state index in [1.54, 1.807) is 26.2 Å². The van der Waals surface area contributed by atoms with E-state index in [1.165, 1.54) is 22.7 Å². The normalized spacial score (nSPS) is 12.2. The molecule has 1 aromatic carbocycles. The third-order valence-electron chi connectivity index (χ3n) is 3.17. The summed E-state index contributed by atoms with van der Waals surface area (Å²) >= 11 is 3.48. The van der Waals surface area contributed by atoms with Gasteiger partial charge in [-0.25, -0.2) is 14.8 Å². The standard InChI is InChI=1S/C18H18N4O4S3/c1-18(2,3)26-13(23)8-25-22-14(11-9-27-16(19)20-11)15(24)29-17-21-10-6-4-5-7-12(10)28-17/h4-7,9H,8H2,1-3H3,(H2,19,20). The molecule has 29 heavy (non-hydrogen) atoms. The average molecular weight is 451 g/mol. The van der Waals surface area contributed by atoms with Gasteiger partial charge in [-0.3, -0.25) is 4.79 Å².